The van der Waals surface area contributed by atoms with Crippen LogP contribution in [-0.2, 0) is 5.75 Å². The summed E-state index contributed by atoms with van der Waals surface area (Å²) in [6.07, 6.45) is 1.85. The summed E-state index contributed by atoms with van der Waals surface area (Å²) in [4.78, 5) is 6.57. The molecule has 0 aliphatic rings. The number of nitrogens with zero attached hydrogens (tertiary/aromatic N) is 1. The normalized spacial score (nSPS) is 10.4. The number of hydrogen-bond acceptors (Lipinski definition) is 5. The maximum Gasteiger partial charge on any atom is 0.197 e. The molecule has 0 unspecified atom stereocenters. The fourth-order valence-electron chi connectivity index (χ4n) is 1.15. The molecule has 2 aromatic rings. The van der Waals surface area contributed by atoms with E-state index in [2.05, 4.69) is 38.5 Å². The average Bonchev–Trinajstić information content (AvgIpc) is 2.74. The summed E-state index contributed by atoms with van der Waals surface area (Å²) in [5, 5.41) is 0.754. The quantitative estimate of drug-likeness (QED) is 0.515. The molecule has 1 heterocycles. The number of rotatable bonds is 4. The minimum absolute atomic E-state index is 0.754. The fraction of sp³-hybridized carbons (Fsp3) is 0.100. The Kier molecular flexibility index (Phi) is 4.22. The molecule has 3 nitrogen and oxygen atoms in total. The van der Waals surface area contributed by atoms with Gasteiger partial charge in [0.25, 0.3) is 0 Å². The van der Waals surface area contributed by atoms with E-state index in [1.54, 1.807) is 23.1 Å². The second-order valence-electron chi connectivity index (χ2n) is 3.02. The van der Waals surface area contributed by atoms with Crippen LogP contribution in [0.25, 0.3) is 0 Å². The second-order valence-corrected chi connectivity index (χ2v) is 6.10. The molecule has 1 aromatic carbocycles. The maximum atomic E-state index is 5.28. The van der Waals surface area contributed by atoms with Gasteiger partial charge in [0.1, 0.15) is 0 Å². The molecule has 3 N–H and O–H groups in total. The van der Waals surface area contributed by atoms with Gasteiger partial charge in [0.05, 0.1) is 0 Å². The number of hydrogen-bond donors (Lipinski definition) is 2. The molecule has 0 bridgehead atoms. The van der Waals surface area contributed by atoms with Gasteiger partial charge in [0.15, 0.2) is 5.13 Å². The molecule has 0 aliphatic heterocycles. The molecule has 0 saturated carbocycles. The van der Waals surface area contributed by atoms with E-state index in [-0.39, 0.29) is 0 Å². The van der Waals surface area contributed by atoms with Gasteiger partial charge in [0.2, 0.25) is 0 Å². The van der Waals surface area contributed by atoms with E-state index in [9.17, 15) is 0 Å². The highest BCUT2D eigenvalue weighted by Gasteiger charge is 2.01. The van der Waals surface area contributed by atoms with Gasteiger partial charge >= 0.3 is 0 Å². The molecule has 0 spiro atoms. The van der Waals surface area contributed by atoms with E-state index in [1.807, 2.05) is 18.3 Å². The highest BCUT2D eigenvalue weighted by Crippen LogP contribution is 2.28. The Bertz CT molecular complexity index is 473. The highest BCUT2D eigenvalue weighted by atomic mass is 79.9. The molecule has 84 valence electrons. The molecule has 2 rings (SSSR count). The molecule has 0 amide bonds. The van der Waals surface area contributed by atoms with E-state index in [0.29, 0.717) is 0 Å². The minimum atomic E-state index is 0.754. The molecule has 0 saturated heterocycles. The van der Waals surface area contributed by atoms with Crippen LogP contribution in [0.1, 0.15) is 4.88 Å². The number of anilines is 1. The monoisotopic (exact) mass is 315 g/mol. The number of benzene rings is 1. The molecular weight excluding hydrogens is 306 g/mol. The summed E-state index contributed by atoms with van der Waals surface area (Å²) in [6.45, 7) is 0. The van der Waals surface area contributed by atoms with Crippen LogP contribution in [0.15, 0.2) is 39.8 Å². The smallest absolute Gasteiger partial charge is 0.197 e. The summed E-state index contributed by atoms with van der Waals surface area (Å²) < 4.78 is 1.10. The zero-order chi connectivity index (χ0) is 11.4. The summed E-state index contributed by atoms with van der Waals surface area (Å²) in [5.41, 5.74) is 2.55. The van der Waals surface area contributed by atoms with E-state index < -0.39 is 0 Å². The van der Waals surface area contributed by atoms with Gasteiger partial charge < -0.3 is 0 Å². The average molecular weight is 316 g/mol. The number of aromatic nitrogens is 1. The SMILES string of the molecule is NNc1ncc(CSc2cccc(Br)c2)s1. The van der Waals surface area contributed by atoms with Crippen LogP contribution in [0.4, 0.5) is 5.13 Å². The third-order valence-electron chi connectivity index (χ3n) is 1.85. The third-order valence-corrected chi connectivity index (χ3v) is 4.50. The molecule has 0 fully saturated rings. The van der Waals surface area contributed by atoms with Gasteiger partial charge in [-0.3, -0.25) is 5.43 Å². The first-order valence-electron chi connectivity index (χ1n) is 4.57. The van der Waals surface area contributed by atoms with Crippen molar-refractivity contribution in [3.63, 3.8) is 0 Å². The van der Waals surface area contributed by atoms with Crippen molar-refractivity contribution in [1.82, 2.24) is 4.98 Å². The van der Waals surface area contributed by atoms with E-state index in [1.165, 1.54) is 9.77 Å². The van der Waals surface area contributed by atoms with Crippen LogP contribution >= 0.6 is 39.0 Å². The number of nitrogens with one attached hydrogen (secondary N) is 1. The first-order chi connectivity index (χ1) is 7.78. The van der Waals surface area contributed by atoms with Crippen LogP contribution in [0.5, 0.6) is 0 Å². The highest BCUT2D eigenvalue weighted by molar-refractivity contribution is 9.10. The van der Waals surface area contributed by atoms with Crippen LogP contribution in [0, 0.1) is 0 Å². The minimum Gasteiger partial charge on any atom is -0.300 e. The molecule has 0 aliphatic carbocycles. The van der Waals surface area contributed by atoms with Crippen molar-refractivity contribution < 1.29 is 0 Å². The van der Waals surface area contributed by atoms with Gasteiger partial charge in [-0.15, -0.1) is 23.1 Å². The first kappa shape index (κ1) is 11.9. The van der Waals surface area contributed by atoms with Crippen molar-refractivity contribution >= 4 is 44.2 Å². The molecule has 16 heavy (non-hydrogen) atoms. The molecular formula is C10H10BrN3S2. The summed E-state index contributed by atoms with van der Waals surface area (Å²) in [5.74, 6) is 6.19. The predicted octanol–water partition coefficient (Wildman–Crippen LogP) is 3.48. The Balaban J connectivity index is 1.96. The van der Waals surface area contributed by atoms with Gasteiger partial charge in [-0.05, 0) is 18.2 Å². The van der Waals surface area contributed by atoms with E-state index in [4.69, 9.17) is 5.84 Å². The van der Waals surface area contributed by atoms with Crippen molar-refractivity contribution in [3.8, 4) is 0 Å². The zero-order valence-corrected chi connectivity index (χ0v) is 11.5. The zero-order valence-electron chi connectivity index (χ0n) is 8.31. The molecule has 6 heteroatoms. The number of hydrazine groups is 1. The number of nitrogens with two attached hydrogens (primary N) is 1. The lowest BCUT2D eigenvalue weighted by atomic mass is 10.4. The molecule has 1 aromatic heterocycles. The Morgan fingerprint density at radius 3 is 3.06 bits per heavy atom. The standard InChI is InChI=1S/C10H10BrN3S2/c11-7-2-1-3-8(4-7)15-6-9-5-13-10(14-12)16-9/h1-5H,6,12H2,(H,13,14). The van der Waals surface area contributed by atoms with Crippen LogP contribution in [0.2, 0.25) is 0 Å². The van der Waals surface area contributed by atoms with Crippen LogP contribution in [-0.4, -0.2) is 4.98 Å². The number of thioether (sulfide) groups is 1. The van der Waals surface area contributed by atoms with Crippen molar-refractivity contribution in [2.45, 2.75) is 10.6 Å². The number of nitrogen functional groups attached to an aromatic ring is 1. The lowest BCUT2D eigenvalue weighted by Gasteiger charge is -1.99. The first-order valence-corrected chi connectivity index (χ1v) is 7.17. The lowest BCUT2D eigenvalue weighted by molar-refractivity contribution is 1.28. The van der Waals surface area contributed by atoms with Crippen LogP contribution in [0.3, 0.4) is 0 Å². The summed E-state index contributed by atoms with van der Waals surface area (Å²) >= 11 is 6.81. The van der Waals surface area contributed by atoms with Crippen molar-refractivity contribution in [1.29, 1.82) is 0 Å². The molecule has 0 radical (unpaired) electrons. The van der Waals surface area contributed by atoms with Crippen molar-refractivity contribution in [3.05, 3.63) is 39.8 Å². The van der Waals surface area contributed by atoms with Crippen LogP contribution < -0.4 is 11.3 Å². The number of thiazole rings is 1. The van der Waals surface area contributed by atoms with E-state index >= 15 is 0 Å². The van der Waals surface area contributed by atoms with Gasteiger partial charge in [0, 0.05) is 26.2 Å². The van der Waals surface area contributed by atoms with E-state index in [0.717, 1.165) is 15.4 Å². The van der Waals surface area contributed by atoms with Crippen molar-refractivity contribution in [2.75, 3.05) is 5.43 Å². The lowest BCUT2D eigenvalue weighted by Crippen LogP contribution is -2.05. The number of halogens is 1. The van der Waals surface area contributed by atoms with Gasteiger partial charge in [-0.25, -0.2) is 10.8 Å². The fourth-order valence-corrected chi connectivity index (χ4v) is 3.40. The largest absolute Gasteiger partial charge is 0.300 e. The predicted molar refractivity (Wildman–Crippen MR) is 73.6 cm³/mol. The van der Waals surface area contributed by atoms with Gasteiger partial charge in [-0.2, -0.15) is 0 Å². The Hall–Kier alpha value is -0.560. The van der Waals surface area contributed by atoms with Crippen molar-refractivity contribution in [2.24, 2.45) is 5.84 Å². The van der Waals surface area contributed by atoms with Gasteiger partial charge in [-0.1, -0.05) is 22.0 Å². The summed E-state index contributed by atoms with van der Waals surface area (Å²) in [6, 6.07) is 8.26. The Labute approximate surface area is 111 Å². The molecule has 0 atom stereocenters. The Morgan fingerprint density at radius 2 is 2.38 bits per heavy atom. The maximum absolute atomic E-state index is 5.28. The Morgan fingerprint density at radius 1 is 1.50 bits per heavy atom. The second kappa shape index (κ2) is 5.67. The summed E-state index contributed by atoms with van der Waals surface area (Å²) in [7, 11) is 0. The topological polar surface area (TPSA) is 50.9 Å². The third kappa shape index (κ3) is 3.21.